The Bertz CT molecular complexity index is 571. The van der Waals surface area contributed by atoms with E-state index in [1.807, 2.05) is 24.3 Å². The maximum Gasteiger partial charge on any atom is 0.138 e. The van der Waals surface area contributed by atoms with Gasteiger partial charge in [0.05, 0.1) is 5.02 Å². The van der Waals surface area contributed by atoms with Gasteiger partial charge in [0.2, 0.25) is 0 Å². The van der Waals surface area contributed by atoms with Gasteiger partial charge in [0.1, 0.15) is 18.2 Å². The van der Waals surface area contributed by atoms with Crippen LogP contribution in [0.15, 0.2) is 42.5 Å². The highest BCUT2D eigenvalue weighted by molar-refractivity contribution is 6.32. The van der Waals surface area contributed by atoms with Crippen molar-refractivity contribution in [1.29, 1.82) is 0 Å². The van der Waals surface area contributed by atoms with E-state index in [0.29, 0.717) is 24.8 Å². The van der Waals surface area contributed by atoms with Crippen LogP contribution in [0.25, 0.3) is 0 Å². The smallest absolute Gasteiger partial charge is 0.138 e. The molecule has 0 saturated carbocycles. The Kier molecular flexibility index (Phi) is 4.99. The molecule has 0 aliphatic heterocycles. The van der Waals surface area contributed by atoms with Crippen LogP contribution in [-0.2, 0) is 6.61 Å². The van der Waals surface area contributed by atoms with Gasteiger partial charge < -0.3 is 10.5 Å². The van der Waals surface area contributed by atoms with E-state index in [9.17, 15) is 4.39 Å². The van der Waals surface area contributed by atoms with Gasteiger partial charge >= 0.3 is 0 Å². The first-order valence-corrected chi connectivity index (χ1v) is 6.84. The summed E-state index contributed by atoms with van der Waals surface area (Å²) in [6.07, 6.45) is 0. The molecular weight excluding hydrogens is 277 g/mol. The third-order valence-electron chi connectivity index (χ3n) is 3.19. The molecular formula is C16H17ClFNO. The number of hydrogen-bond donors (Lipinski definition) is 1. The van der Waals surface area contributed by atoms with Crippen molar-refractivity contribution in [2.45, 2.75) is 19.4 Å². The van der Waals surface area contributed by atoms with Gasteiger partial charge in [-0.05, 0) is 41.8 Å². The first-order chi connectivity index (χ1) is 9.60. The molecule has 20 heavy (non-hydrogen) atoms. The molecule has 2 nitrogen and oxygen atoms in total. The monoisotopic (exact) mass is 293 g/mol. The largest absolute Gasteiger partial charge is 0.487 e. The molecule has 4 heteroatoms. The lowest BCUT2D eigenvalue weighted by molar-refractivity contribution is 0.306. The zero-order chi connectivity index (χ0) is 14.5. The third-order valence-corrected chi connectivity index (χ3v) is 3.49. The molecule has 2 aromatic carbocycles. The van der Waals surface area contributed by atoms with Gasteiger partial charge in [-0.2, -0.15) is 0 Å². The summed E-state index contributed by atoms with van der Waals surface area (Å²) >= 11 is 5.90. The Morgan fingerprint density at radius 3 is 2.50 bits per heavy atom. The molecule has 0 heterocycles. The van der Waals surface area contributed by atoms with Crippen molar-refractivity contribution in [2.75, 3.05) is 6.54 Å². The Hall–Kier alpha value is -1.58. The van der Waals surface area contributed by atoms with Gasteiger partial charge in [0.15, 0.2) is 0 Å². The summed E-state index contributed by atoms with van der Waals surface area (Å²) in [7, 11) is 0. The molecule has 106 valence electrons. The molecule has 1 unspecified atom stereocenters. The predicted molar refractivity (Wildman–Crippen MR) is 79.7 cm³/mol. The molecule has 1 atom stereocenters. The van der Waals surface area contributed by atoms with Crippen LogP contribution in [0.4, 0.5) is 4.39 Å². The van der Waals surface area contributed by atoms with E-state index >= 15 is 0 Å². The average Bonchev–Trinajstić information content (AvgIpc) is 2.46. The van der Waals surface area contributed by atoms with Crippen LogP contribution >= 0.6 is 11.6 Å². The standard InChI is InChI=1S/C16H17ClFNO/c1-11(9-19)13-4-2-12(3-5-13)10-20-16-7-6-14(18)8-15(16)17/h2-8,11H,9-10,19H2,1H3. The van der Waals surface area contributed by atoms with Crippen LogP contribution in [0.2, 0.25) is 5.02 Å². The van der Waals surface area contributed by atoms with Crippen LogP contribution in [0.1, 0.15) is 24.0 Å². The maximum atomic E-state index is 12.9. The lowest BCUT2D eigenvalue weighted by Crippen LogP contribution is -2.08. The number of nitrogens with two attached hydrogens (primary N) is 1. The second kappa shape index (κ2) is 6.73. The Balaban J connectivity index is 2.00. The number of benzene rings is 2. The van der Waals surface area contributed by atoms with Gasteiger partial charge in [-0.1, -0.05) is 42.8 Å². The quantitative estimate of drug-likeness (QED) is 0.900. The fraction of sp³-hybridized carbons (Fsp3) is 0.250. The molecule has 0 amide bonds. The lowest BCUT2D eigenvalue weighted by Gasteiger charge is -2.11. The summed E-state index contributed by atoms with van der Waals surface area (Å²) in [5.74, 6) is 0.450. The normalized spacial score (nSPS) is 12.2. The number of rotatable bonds is 5. The van der Waals surface area contributed by atoms with Crippen molar-refractivity contribution >= 4 is 11.6 Å². The van der Waals surface area contributed by atoms with Crippen molar-refractivity contribution in [2.24, 2.45) is 5.73 Å². The van der Waals surface area contributed by atoms with Gasteiger partial charge in [-0.15, -0.1) is 0 Å². The minimum absolute atomic E-state index is 0.276. The molecule has 0 fully saturated rings. The summed E-state index contributed by atoms with van der Waals surface area (Å²) in [4.78, 5) is 0. The van der Waals surface area contributed by atoms with Gasteiger partial charge in [0, 0.05) is 0 Å². The van der Waals surface area contributed by atoms with E-state index < -0.39 is 0 Å². The van der Waals surface area contributed by atoms with E-state index in [1.54, 1.807) is 0 Å². The van der Waals surface area contributed by atoms with E-state index in [-0.39, 0.29) is 10.8 Å². The van der Waals surface area contributed by atoms with E-state index in [2.05, 4.69) is 6.92 Å². The molecule has 0 spiro atoms. The highest BCUT2D eigenvalue weighted by Crippen LogP contribution is 2.25. The SMILES string of the molecule is CC(CN)c1ccc(COc2ccc(F)cc2Cl)cc1. The fourth-order valence-electron chi connectivity index (χ4n) is 1.83. The first kappa shape index (κ1) is 14.8. The molecule has 0 aromatic heterocycles. The maximum absolute atomic E-state index is 12.9. The predicted octanol–water partition coefficient (Wildman–Crippen LogP) is 4.12. The van der Waals surface area contributed by atoms with Gasteiger partial charge in [0.25, 0.3) is 0 Å². The Labute approximate surface area is 123 Å². The Morgan fingerprint density at radius 1 is 1.20 bits per heavy atom. The Morgan fingerprint density at radius 2 is 1.90 bits per heavy atom. The van der Waals surface area contributed by atoms with E-state index in [1.165, 1.54) is 23.8 Å². The molecule has 2 N–H and O–H groups in total. The third kappa shape index (κ3) is 3.71. The van der Waals surface area contributed by atoms with Crippen molar-refractivity contribution < 1.29 is 9.13 Å². The number of ether oxygens (including phenoxy) is 1. The minimum Gasteiger partial charge on any atom is -0.487 e. The fourth-order valence-corrected chi connectivity index (χ4v) is 2.05. The van der Waals surface area contributed by atoms with Crippen LogP contribution < -0.4 is 10.5 Å². The second-order valence-electron chi connectivity index (χ2n) is 4.74. The molecule has 0 aliphatic rings. The topological polar surface area (TPSA) is 35.2 Å². The summed E-state index contributed by atoms with van der Waals surface area (Å²) < 4.78 is 18.5. The van der Waals surface area contributed by atoms with Crippen LogP contribution in [-0.4, -0.2) is 6.54 Å². The lowest BCUT2D eigenvalue weighted by atomic mass is 10.0. The van der Waals surface area contributed by atoms with Crippen molar-refractivity contribution in [3.8, 4) is 5.75 Å². The summed E-state index contributed by atoms with van der Waals surface area (Å²) in [6.45, 7) is 3.10. The van der Waals surface area contributed by atoms with Crippen LogP contribution in [0.5, 0.6) is 5.75 Å². The van der Waals surface area contributed by atoms with Gasteiger partial charge in [-0.25, -0.2) is 4.39 Å². The first-order valence-electron chi connectivity index (χ1n) is 6.47. The summed E-state index contributed by atoms with van der Waals surface area (Å²) in [5, 5.41) is 0.276. The zero-order valence-corrected chi connectivity index (χ0v) is 12.0. The molecule has 2 rings (SSSR count). The summed E-state index contributed by atoms with van der Waals surface area (Å²) in [5.41, 5.74) is 7.87. The number of halogens is 2. The molecule has 2 aromatic rings. The minimum atomic E-state index is -0.373. The molecule has 0 saturated heterocycles. The van der Waals surface area contributed by atoms with E-state index in [4.69, 9.17) is 22.1 Å². The van der Waals surface area contributed by atoms with Crippen LogP contribution in [0, 0.1) is 5.82 Å². The van der Waals surface area contributed by atoms with Crippen molar-refractivity contribution in [3.05, 3.63) is 64.4 Å². The zero-order valence-electron chi connectivity index (χ0n) is 11.3. The van der Waals surface area contributed by atoms with E-state index in [0.717, 1.165) is 5.56 Å². The summed E-state index contributed by atoms with van der Waals surface area (Å²) in [6, 6.07) is 12.2. The van der Waals surface area contributed by atoms with Crippen LogP contribution in [0.3, 0.4) is 0 Å². The second-order valence-corrected chi connectivity index (χ2v) is 5.15. The highest BCUT2D eigenvalue weighted by Gasteiger charge is 2.05. The average molecular weight is 294 g/mol. The molecule has 0 aliphatic carbocycles. The van der Waals surface area contributed by atoms with Gasteiger partial charge in [-0.3, -0.25) is 0 Å². The molecule has 0 bridgehead atoms. The highest BCUT2D eigenvalue weighted by atomic mass is 35.5. The van der Waals surface area contributed by atoms with Crippen molar-refractivity contribution in [1.82, 2.24) is 0 Å². The van der Waals surface area contributed by atoms with Crippen molar-refractivity contribution in [3.63, 3.8) is 0 Å². The molecule has 0 radical (unpaired) electrons. The number of hydrogen-bond acceptors (Lipinski definition) is 2.